The van der Waals surface area contributed by atoms with E-state index in [-0.39, 0.29) is 11.6 Å². The molecule has 0 bridgehead atoms. The molecule has 0 heterocycles. The zero-order chi connectivity index (χ0) is 16.7. The monoisotopic (exact) mass is 312 g/mol. The Morgan fingerprint density at radius 1 is 0.625 bits per heavy atom. The fraction of sp³-hybridized carbons (Fsp3) is 0.0909. The molecule has 3 aromatic rings. The maximum absolute atomic E-state index is 12.9. The van der Waals surface area contributed by atoms with Gasteiger partial charge in [0.15, 0.2) is 11.6 Å². The van der Waals surface area contributed by atoms with Gasteiger partial charge in [-0.3, -0.25) is 9.59 Å². The predicted molar refractivity (Wildman–Crippen MR) is 94.6 cm³/mol. The smallest absolute Gasteiger partial charge is 0.194 e. The summed E-state index contributed by atoms with van der Waals surface area (Å²) in [5.74, 6) is -0.130. The first-order valence-corrected chi connectivity index (χ1v) is 8.11. The summed E-state index contributed by atoms with van der Waals surface area (Å²) in [5.41, 5.74) is 5.21. The summed E-state index contributed by atoms with van der Waals surface area (Å²) in [6.45, 7) is 2.07. The maximum atomic E-state index is 12.9. The molecule has 0 N–H and O–H groups in total. The first-order valence-electron chi connectivity index (χ1n) is 8.11. The molecule has 0 spiro atoms. The molecule has 0 radical (unpaired) electrons. The van der Waals surface area contributed by atoms with E-state index in [1.54, 1.807) is 24.3 Å². The van der Waals surface area contributed by atoms with E-state index >= 15 is 0 Å². The van der Waals surface area contributed by atoms with Crippen LogP contribution < -0.4 is 0 Å². The lowest BCUT2D eigenvalue weighted by Crippen LogP contribution is -2.21. The Hall–Kier alpha value is -3.00. The number of fused-ring (bicyclic) bond motifs is 2. The van der Waals surface area contributed by atoms with E-state index < -0.39 is 0 Å². The van der Waals surface area contributed by atoms with Crippen molar-refractivity contribution >= 4 is 11.6 Å². The minimum absolute atomic E-state index is 0.0606. The lowest BCUT2D eigenvalue weighted by Gasteiger charge is -2.20. The number of aryl methyl sites for hydroxylation is 1. The number of carbonyl (C=O) groups is 2. The molecule has 1 aliphatic carbocycles. The third kappa shape index (κ3) is 2.11. The number of hydrogen-bond acceptors (Lipinski definition) is 2. The molecule has 0 aromatic heterocycles. The summed E-state index contributed by atoms with van der Waals surface area (Å²) in [4.78, 5) is 25.7. The highest BCUT2D eigenvalue weighted by Gasteiger charge is 2.30. The second-order valence-corrected chi connectivity index (χ2v) is 5.98. The van der Waals surface area contributed by atoms with E-state index in [1.807, 2.05) is 42.5 Å². The first kappa shape index (κ1) is 14.6. The maximum Gasteiger partial charge on any atom is 0.194 e. The van der Waals surface area contributed by atoms with Crippen molar-refractivity contribution in [3.63, 3.8) is 0 Å². The standard InChI is InChI=1S/C22H16O2/c1-2-14-12-19-20(13-18(14)15-8-4-3-5-9-15)22(24)17-11-7-6-10-16(17)21(19)23/h3-13H,2H2,1H3. The molecule has 0 amide bonds. The summed E-state index contributed by atoms with van der Waals surface area (Å²) in [5, 5.41) is 0. The molecular formula is C22H16O2. The molecule has 0 aliphatic heterocycles. The number of benzene rings is 3. The molecule has 4 rings (SSSR count). The number of hydrogen-bond donors (Lipinski definition) is 0. The summed E-state index contributed by atoms with van der Waals surface area (Å²) in [6, 6.07) is 20.8. The van der Waals surface area contributed by atoms with Crippen molar-refractivity contribution in [2.45, 2.75) is 13.3 Å². The van der Waals surface area contributed by atoms with E-state index in [1.165, 1.54) is 0 Å². The highest BCUT2D eigenvalue weighted by Crippen LogP contribution is 2.33. The van der Waals surface area contributed by atoms with Crippen LogP contribution in [0, 0.1) is 0 Å². The van der Waals surface area contributed by atoms with Crippen LogP contribution in [0.5, 0.6) is 0 Å². The molecule has 24 heavy (non-hydrogen) atoms. The van der Waals surface area contributed by atoms with Gasteiger partial charge in [0.2, 0.25) is 0 Å². The molecule has 0 unspecified atom stereocenters. The lowest BCUT2D eigenvalue weighted by molar-refractivity contribution is 0.0979. The molecule has 0 saturated carbocycles. The van der Waals surface area contributed by atoms with Crippen LogP contribution in [0.1, 0.15) is 44.3 Å². The zero-order valence-electron chi connectivity index (χ0n) is 13.4. The van der Waals surface area contributed by atoms with Gasteiger partial charge in [0.1, 0.15) is 0 Å². The van der Waals surface area contributed by atoms with Crippen molar-refractivity contribution in [3.8, 4) is 11.1 Å². The van der Waals surface area contributed by atoms with E-state index in [9.17, 15) is 9.59 Å². The van der Waals surface area contributed by atoms with Gasteiger partial charge in [0.25, 0.3) is 0 Å². The first-order chi connectivity index (χ1) is 11.7. The summed E-state index contributed by atoms with van der Waals surface area (Å²) in [7, 11) is 0. The van der Waals surface area contributed by atoms with Crippen LogP contribution in [0.15, 0.2) is 66.7 Å². The van der Waals surface area contributed by atoms with Gasteiger partial charge in [-0.2, -0.15) is 0 Å². The van der Waals surface area contributed by atoms with Crippen LogP contribution in [-0.4, -0.2) is 11.6 Å². The largest absolute Gasteiger partial charge is 0.289 e. The molecule has 0 saturated heterocycles. The van der Waals surface area contributed by atoms with Crippen LogP contribution >= 0.6 is 0 Å². The Bertz CT molecular complexity index is 969. The SMILES string of the molecule is CCc1cc2c(cc1-c1ccccc1)C(=O)c1ccccc1C2=O. The quantitative estimate of drug-likeness (QED) is 0.538. The Labute approximate surface area is 140 Å². The summed E-state index contributed by atoms with van der Waals surface area (Å²) >= 11 is 0. The van der Waals surface area contributed by atoms with Gasteiger partial charge in [-0.05, 0) is 35.2 Å². The van der Waals surface area contributed by atoms with E-state index in [4.69, 9.17) is 0 Å². The van der Waals surface area contributed by atoms with Crippen molar-refractivity contribution < 1.29 is 9.59 Å². The molecule has 0 fully saturated rings. The van der Waals surface area contributed by atoms with E-state index in [2.05, 4.69) is 6.92 Å². The molecule has 2 heteroatoms. The highest BCUT2D eigenvalue weighted by atomic mass is 16.1. The summed E-state index contributed by atoms with van der Waals surface area (Å²) in [6.07, 6.45) is 0.806. The van der Waals surface area contributed by atoms with E-state index in [0.29, 0.717) is 22.3 Å². The van der Waals surface area contributed by atoms with Gasteiger partial charge in [-0.25, -0.2) is 0 Å². The topological polar surface area (TPSA) is 34.1 Å². The predicted octanol–water partition coefficient (Wildman–Crippen LogP) is 4.69. The highest BCUT2D eigenvalue weighted by molar-refractivity contribution is 6.28. The minimum Gasteiger partial charge on any atom is -0.289 e. The van der Waals surface area contributed by atoms with Gasteiger partial charge in [0, 0.05) is 22.3 Å². The van der Waals surface area contributed by atoms with Crippen molar-refractivity contribution in [1.29, 1.82) is 0 Å². The van der Waals surface area contributed by atoms with Gasteiger partial charge in [-0.1, -0.05) is 61.5 Å². The lowest BCUT2D eigenvalue weighted by atomic mass is 9.81. The Morgan fingerprint density at radius 3 is 1.75 bits per heavy atom. The summed E-state index contributed by atoms with van der Waals surface area (Å²) < 4.78 is 0. The third-order valence-corrected chi connectivity index (χ3v) is 4.61. The van der Waals surface area contributed by atoms with Crippen LogP contribution in [0.25, 0.3) is 11.1 Å². The van der Waals surface area contributed by atoms with Gasteiger partial charge in [-0.15, -0.1) is 0 Å². The Kier molecular flexibility index (Phi) is 3.39. The van der Waals surface area contributed by atoms with Gasteiger partial charge >= 0.3 is 0 Å². The average Bonchev–Trinajstić information content (AvgIpc) is 2.65. The van der Waals surface area contributed by atoms with E-state index in [0.717, 1.165) is 23.1 Å². The zero-order valence-corrected chi connectivity index (χ0v) is 13.4. The fourth-order valence-corrected chi connectivity index (χ4v) is 3.37. The fourth-order valence-electron chi connectivity index (χ4n) is 3.37. The second kappa shape index (κ2) is 5.57. The van der Waals surface area contributed by atoms with Crippen LogP contribution in [-0.2, 0) is 6.42 Å². The molecule has 3 aromatic carbocycles. The van der Waals surface area contributed by atoms with Crippen LogP contribution in [0.3, 0.4) is 0 Å². The second-order valence-electron chi connectivity index (χ2n) is 5.98. The van der Waals surface area contributed by atoms with Gasteiger partial charge in [0.05, 0.1) is 0 Å². The molecule has 1 aliphatic rings. The van der Waals surface area contributed by atoms with Crippen molar-refractivity contribution in [1.82, 2.24) is 0 Å². The Morgan fingerprint density at radius 2 is 1.17 bits per heavy atom. The number of carbonyl (C=O) groups excluding carboxylic acids is 2. The molecule has 2 nitrogen and oxygen atoms in total. The van der Waals surface area contributed by atoms with Crippen molar-refractivity contribution in [3.05, 3.63) is 94.5 Å². The van der Waals surface area contributed by atoms with Crippen molar-refractivity contribution in [2.24, 2.45) is 0 Å². The number of ketones is 2. The molecule has 0 atom stereocenters. The minimum atomic E-state index is -0.0694. The average molecular weight is 312 g/mol. The molecular weight excluding hydrogens is 296 g/mol. The normalized spacial score (nSPS) is 12.7. The van der Waals surface area contributed by atoms with Crippen LogP contribution in [0.2, 0.25) is 0 Å². The third-order valence-electron chi connectivity index (χ3n) is 4.61. The van der Waals surface area contributed by atoms with Crippen molar-refractivity contribution in [2.75, 3.05) is 0 Å². The van der Waals surface area contributed by atoms with Gasteiger partial charge < -0.3 is 0 Å². The number of rotatable bonds is 2. The van der Waals surface area contributed by atoms with Crippen LogP contribution in [0.4, 0.5) is 0 Å². The molecule has 116 valence electrons. The Balaban J connectivity index is 1.98.